The SMILES string of the molecule is Cc1oc(C(=O)N(C)c2ccc(F)cc2)cc1S(N)(=O)=O. The summed E-state index contributed by atoms with van der Waals surface area (Å²) < 4.78 is 40.6. The van der Waals surface area contributed by atoms with Gasteiger partial charge in [-0.25, -0.2) is 17.9 Å². The molecule has 8 heteroatoms. The molecule has 0 saturated heterocycles. The largest absolute Gasteiger partial charge is 0.455 e. The summed E-state index contributed by atoms with van der Waals surface area (Å²) in [4.78, 5) is 13.2. The second-order valence-electron chi connectivity index (χ2n) is 4.42. The highest BCUT2D eigenvalue weighted by molar-refractivity contribution is 7.89. The molecule has 0 atom stereocenters. The number of carbonyl (C=O) groups excluding carboxylic acids is 1. The Hall–Kier alpha value is -2.19. The van der Waals surface area contributed by atoms with Crippen molar-refractivity contribution in [1.82, 2.24) is 0 Å². The maximum atomic E-state index is 12.9. The summed E-state index contributed by atoms with van der Waals surface area (Å²) in [5.74, 6) is -1.12. The molecule has 6 nitrogen and oxygen atoms in total. The van der Waals surface area contributed by atoms with E-state index in [1.165, 1.54) is 43.1 Å². The number of anilines is 1. The molecule has 1 aromatic heterocycles. The summed E-state index contributed by atoms with van der Waals surface area (Å²) in [6.45, 7) is 1.40. The van der Waals surface area contributed by atoms with Gasteiger partial charge in [-0.15, -0.1) is 0 Å². The number of furan rings is 1. The Bertz CT molecular complexity index is 781. The number of nitrogens with two attached hydrogens (primary N) is 1. The third-order valence-electron chi connectivity index (χ3n) is 2.91. The molecule has 2 N–H and O–H groups in total. The van der Waals surface area contributed by atoms with Gasteiger partial charge in [0, 0.05) is 18.8 Å². The lowest BCUT2D eigenvalue weighted by Gasteiger charge is -2.15. The van der Waals surface area contributed by atoms with E-state index in [4.69, 9.17) is 9.56 Å². The third-order valence-corrected chi connectivity index (χ3v) is 3.93. The summed E-state index contributed by atoms with van der Waals surface area (Å²) in [5.41, 5.74) is 0.438. The summed E-state index contributed by atoms with van der Waals surface area (Å²) in [5, 5.41) is 5.02. The number of benzene rings is 1. The van der Waals surface area contributed by atoms with E-state index in [1.807, 2.05) is 0 Å². The second kappa shape index (κ2) is 5.30. The number of hydrogen-bond donors (Lipinski definition) is 1. The molecule has 1 aromatic carbocycles. The van der Waals surface area contributed by atoms with Crippen LogP contribution in [0.1, 0.15) is 16.3 Å². The molecule has 2 aromatic rings. The first-order valence-electron chi connectivity index (χ1n) is 5.87. The van der Waals surface area contributed by atoms with Crippen LogP contribution >= 0.6 is 0 Å². The van der Waals surface area contributed by atoms with Crippen molar-refractivity contribution in [3.63, 3.8) is 0 Å². The Morgan fingerprint density at radius 2 is 1.86 bits per heavy atom. The van der Waals surface area contributed by atoms with Crippen LogP contribution in [-0.2, 0) is 10.0 Å². The Balaban J connectivity index is 2.34. The number of primary sulfonamides is 1. The van der Waals surface area contributed by atoms with Gasteiger partial charge in [-0.3, -0.25) is 4.79 Å². The predicted molar refractivity (Wildman–Crippen MR) is 74.0 cm³/mol. The van der Waals surface area contributed by atoms with E-state index >= 15 is 0 Å². The lowest BCUT2D eigenvalue weighted by Crippen LogP contribution is -2.25. The third kappa shape index (κ3) is 3.11. The van der Waals surface area contributed by atoms with Gasteiger partial charge in [0.1, 0.15) is 16.5 Å². The second-order valence-corrected chi connectivity index (χ2v) is 5.95. The minimum atomic E-state index is -3.96. The Labute approximate surface area is 121 Å². The normalized spacial score (nSPS) is 11.4. The molecular formula is C13H13FN2O4S. The van der Waals surface area contributed by atoms with Crippen LogP contribution in [0, 0.1) is 12.7 Å². The molecule has 0 bridgehead atoms. The first-order valence-corrected chi connectivity index (χ1v) is 7.41. The molecule has 0 spiro atoms. The zero-order valence-corrected chi connectivity index (χ0v) is 12.1. The van der Waals surface area contributed by atoms with Crippen LogP contribution in [0.4, 0.5) is 10.1 Å². The van der Waals surface area contributed by atoms with Gasteiger partial charge < -0.3 is 9.32 Å². The van der Waals surface area contributed by atoms with Crippen molar-refractivity contribution < 1.29 is 22.0 Å². The maximum Gasteiger partial charge on any atom is 0.293 e. The molecule has 0 saturated carbocycles. The first kappa shape index (κ1) is 15.2. The van der Waals surface area contributed by atoms with Crippen LogP contribution in [0.25, 0.3) is 0 Å². The number of rotatable bonds is 3. The van der Waals surface area contributed by atoms with Crippen LogP contribution in [0.2, 0.25) is 0 Å². The van der Waals surface area contributed by atoms with Gasteiger partial charge in [-0.1, -0.05) is 0 Å². The van der Waals surface area contributed by atoms with Crippen LogP contribution < -0.4 is 10.0 Å². The van der Waals surface area contributed by atoms with Crippen molar-refractivity contribution in [2.24, 2.45) is 5.14 Å². The van der Waals surface area contributed by atoms with Crippen molar-refractivity contribution in [2.45, 2.75) is 11.8 Å². The Morgan fingerprint density at radius 3 is 2.33 bits per heavy atom. The molecule has 1 amide bonds. The van der Waals surface area contributed by atoms with Crippen LogP contribution in [-0.4, -0.2) is 21.4 Å². The zero-order valence-electron chi connectivity index (χ0n) is 11.3. The average Bonchev–Trinajstić information content (AvgIpc) is 2.80. The number of halogens is 1. The fourth-order valence-corrected chi connectivity index (χ4v) is 2.51. The Kier molecular flexibility index (Phi) is 3.84. The molecule has 112 valence electrons. The van der Waals surface area contributed by atoms with Gasteiger partial charge >= 0.3 is 0 Å². The van der Waals surface area contributed by atoms with Gasteiger partial charge in [0.25, 0.3) is 5.91 Å². The number of aryl methyl sites for hydroxylation is 1. The van der Waals surface area contributed by atoms with Crippen LogP contribution in [0.15, 0.2) is 39.6 Å². The Morgan fingerprint density at radius 1 is 1.29 bits per heavy atom. The molecule has 0 radical (unpaired) electrons. The molecule has 0 aliphatic heterocycles. The fourth-order valence-electron chi connectivity index (χ4n) is 1.80. The minimum absolute atomic E-state index is 0.0355. The smallest absolute Gasteiger partial charge is 0.293 e. The van der Waals surface area contributed by atoms with Gasteiger partial charge in [0.15, 0.2) is 5.76 Å². The summed E-state index contributed by atoms with van der Waals surface area (Å²) >= 11 is 0. The van der Waals surface area contributed by atoms with Crippen molar-refractivity contribution in [2.75, 3.05) is 11.9 Å². The molecule has 21 heavy (non-hydrogen) atoms. The topological polar surface area (TPSA) is 93.6 Å². The van der Waals surface area contributed by atoms with E-state index in [0.717, 1.165) is 6.07 Å². The predicted octanol–water partition coefficient (Wildman–Crippen LogP) is 1.65. The molecule has 0 aliphatic carbocycles. The summed E-state index contributed by atoms with van der Waals surface area (Å²) in [7, 11) is -2.49. The van der Waals surface area contributed by atoms with Gasteiger partial charge in [-0.05, 0) is 31.2 Å². The quantitative estimate of drug-likeness (QED) is 0.932. The van der Waals surface area contributed by atoms with Crippen molar-refractivity contribution >= 4 is 21.6 Å². The van der Waals surface area contributed by atoms with Crippen molar-refractivity contribution in [3.05, 3.63) is 47.7 Å². The van der Waals surface area contributed by atoms with Crippen molar-refractivity contribution in [1.29, 1.82) is 0 Å². The molecule has 2 rings (SSSR count). The molecule has 1 heterocycles. The lowest BCUT2D eigenvalue weighted by molar-refractivity contribution is 0.0965. The van der Waals surface area contributed by atoms with Gasteiger partial charge in [0.2, 0.25) is 10.0 Å². The highest BCUT2D eigenvalue weighted by Crippen LogP contribution is 2.22. The zero-order chi connectivity index (χ0) is 15.8. The van der Waals surface area contributed by atoms with Crippen LogP contribution in [0.5, 0.6) is 0 Å². The number of hydrogen-bond acceptors (Lipinski definition) is 4. The highest BCUT2D eigenvalue weighted by Gasteiger charge is 2.23. The van der Waals surface area contributed by atoms with Gasteiger partial charge in [0.05, 0.1) is 0 Å². The highest BCUT2D eigenvalue weighted by atomic mass is 32.2. The molecular weight excluding hydrogens is 299 g/mol. The summed E-state index contributed by atoms with van der Waals surface area (Å²) in [6, 6.07) is 6.34. The first-order chi connectivity index (χ1) is 9.70. The van der Waals surface area contributed by atoms with E-state index < -0.39 is 21.7 Å². The van der Waals surface area contributed by atoms with E-state index in [-0.39, 0.29) is 16.4 Å². The van der Waals surface area contributed by atoms with E-state index in [1.54, 1.807) is 0 Å². The fraction of sp³-hybridized carbons (Fsp3) is 0.154. The molecule has 0 fully saturated rings. The van der Waals surface area contributed by atoms with Crippen LogP contribution in [0.3, 0.4) is 0 Å². The van der Waals surface area contributed by atoms with E-state index in [2.05, 4.69) is 0 Å². The monoisotopic (exact) mass is 312 g/mol. The standard InChI is InChI=1S/C13H13FN2O4S/c1-8-12(21(15,18)19)7-11(20-8)13(17)16(2)10-5-3-9(14)4-6-10/h3-7H,1-2H3,(H2,15,18,19). The lowest BCUT2D eigenvalue weighted by atomic mass is 10.2. The van der Waals surface area contributed by atoms with Gasteiger partial charge in [-0.2, -0.15) is 0 Å². The maximum absolute atomic E-state index is 12.9. The molecule has 0 aliphatic rings. The summed E-state index contributed by atoms with van der Waals surface area (Å²) in [6.07, 6.45) is 0. The number of nitrogens with zero attached hydrogens (tertiary/aromatic N) is 1. The average molecular weight is 312 g/mol. The number of carbonyl (C=O) groups is 1. The molecule has 0 unspecified atom stereocenters. The van der Waals surface area contributed by atoms with E-state index in [0.29, 0.717) is 5.69 Å². The van der Waals surface area contributed by atoms with Crippen molar-refractivity contribution in [3.8, 4) is 0 Å². The minimum Gasteiger partial charge on any atom is -0.455 e. The number of sulfonamides is 1. The number of amides is 1. The van der Waals surface area contributed by atoms with E-state index in [9.17, 15) is 17.6 Å².